The zero-order valence-corrected chi connectivity index (χ0v) is 23.3. The van der Waals surface area contributed by atoms with E-state index in [0.29, 0.717) is 5.56 Å². The zero-order valence-electron chi connectivity index (χ0n) is 23.3. The van der Waals surface area contributed by atoms with Crippen molar-refractivity contribution in [3.8, 4) is 45.7 Å². The fraction of sp³-hybridized carbons (Fsp3) is 0.0526. The van der Waals surface area contributed by atoms with E-state index in [2.05, 4.69) is 77.4 Å². The number of aromatic nitrogens is 3. The van der Waals surface area contributed by atoms with Gasteiger partial charge < -0.3 is 0 Å². The highest BCUT2D eigenvalue weighted by molar-refractivity contribution is 5.96. The number of nitriles is 1. The molecule has 0 N–H and O–H groups in total. The number of rotatable bonds is 4. The van der Waals surface area contributed by atoms with E-state index >= 15 is 0 Å². The number of para-hydroxylation sites is 1. The molecule has 0 fully saturated rings. The van der Waals surface area contributed by atoms with Crippen LogP contribution in [0, 0.1) is 11.3 Å². The summed E-state index contributed by atoms with van der Waals surface area (Å²) in [6, 6.07) is 43.4. The first kappa shape index (κ1) is 24.9. The molecule has 1 aliphatic heterocycles. The van der Waals surface area contributed by atoms with Crippen molar-refractivity contribution in [2.75, 3.05) is 0 Å². The summed E-state index contributed by atoms with van der Waals surface area (Å²) in [5, 5.41) is 13.6. The molecular formula is C38H25N5. The molecule has 0 saturated heterocycles. The molecule has 0 spiro atoms. The van der Waals surface area contributed by atoms with Gasteiger partial charge in [-0.15, -0.1) is 0 Å². The van der Waals surface area contributed by atoms with E-state index in [1.54, 1.807) is 0 Å². The van der Waals surface area contributed by atoms with Crippen LogP contribution >= 0.6 is 0 Å². The molecule has 0 amide bonds. The molecule has 0 unspecified atom stereocenters. The summed E-state index contributed by atoms with van der Waals surface area (Å²) in [5.74, 6) is 0.935. The largest absolute Gasteiger partial charge is 0.294 e. The Hall–Kier alpha value is -5.86. The third kappa shape index (κ3) is 4.29. The molecule has 8 rings (SSSR count). The van der Waals surface area contributed by atoms with Crippen molar-refractivity contribution in [3.05, 3.63) is 132 Å². The smallest absolute Gasteiger partial charge is 0.141 e. The molecule has 5 nitrogen and oxygen atoms in total. The number of aryl methyl sites for hydroxylation is 1. The van der Waals surface area contributed by atoms with Crippen LogP contribution in [0.5, 0.6) is 0 Å². The summed E-state index contributed by atoms with van der Waals surface area (Å²) in [7, 11) is 0. The van der Waals surface area contributed by atoms with Crippen LogP contribution in [0.15, 0.2) is 126 Å². The lowest BCUT2D eigenvalue weighted by atomic mass is 10.0. The number of hydrogen-bond donors (Lipinski definition) is 0. The van der Waals surface area contributed by atoms with Crippen LogP contribution in [0.1, 0.15) is 17.5 Å². The Morgan fingerprint density at radius 3 is 2.21 bits per heavy atom. The number of nitrogens with zero attached hydrogens (tertiary/aromatic N) is 5. The van der Waals surface area contributed by atoms with Crippen LogP contribution in [-0.2, 0) is 6.42 Å². The second-order valence-corrected chi connectivity index (χ2v) is 10.7. The van der Waals surface area contributed by atoms with E-state index < -0.39 is 0 Å². The van der Waals surface area contributed by atoms with Gasteiger partial charge in [0.15, 0.2) is 0 Å². The molecule has 4 heterocycles. The first-order valence-corrected chi connectivity index (χ1v) is 14.4. The summed E-state index contributed by atoms with van der Waals surface area (Å²) in [5.41, 5.74) is 9.02. The van der Waals surface area contributed by atoms with Crippen molar-refractivity contribution in [3.63, 3.8) is 0 Å². The maximum absolute atomic E-state index is 10.0. The van der Waals surface area contributed by atoms with Gasteiger partial charge in [0.1, 0.15) is 5.82 Å². The lowest BCUT2D eigenvalue weighted by molar-refractivity contribution is 1.000. The summed E-state index contributed by atoms with van der Waals surface area (Å²) in [4.78, 5) is 14.9. The van der Waals surface area contributed by atoms with Gasteiger partial charge >= 0.3 is 0 Å². The third-order valence-electron chi connectivity index (χ3n) is 8.12. The van der Waals surface area contributed by atoms with E-state index in [4.69, 9.17) is 15.0 Å². The lowest BCUT2D eigenvalue weighted by Crippen LogP contribution is -1.99. The average Bonchev–Trinajstić information content (AvgIpc) is 3.42. The van der Waals surface area contributed by atoms with Gasteiger partial charge in [0, 0.05) is 34.0 Å². The maximum atomic E-state index is 10.0. The molecular weight excluding hydrogens is 526 g/mol. The molecule has 0 saturated carbocycles. The molecule has 0 bridgehead atoms. The van der Waals surface area contributed by atoms with Crippen LogP contribution in [0.2, 0.25) is 0 Å². The fourth-order valence-electron chi connectivity index (χ4n) is 6.16. The third-order valence-corrected chi connectivity index (χ3v) is 8.12. The average molecular weight is 552 g/mol. The minimum atomic E-state index is 0.571. The van der Waals surface area contributed by atoms with Crippen molar-refractivity contribution in [2.45, 2.75) is 12.8 Å². The molecule has 0 atom stereocenters. The molecule has 0 aliphatic carbocycles. The summed E-state index contributed by atoms with van der Waals surface area (Å²) in [6.07, 6.45) is 3.86. The Kier molecular flexibility index (Phi) is 5.91. The first-order valence-electron chi connectivity index (χ1n) is 14.4. The van der Waals surface area contributed by atoms with Crippen LogP contribution < -0.4 is 0 Å². The monoisotopic (exact) mass is 551 g/mol. The quantitative estimate of drug-likeness (QED) is 0.219. The van der Waals surface area contributed by atoms with E-state index in [0.717, 1.165) is 63.8 Å². The van der Waals surface area contributed by atoms with Gasteiger partial charge in [-0.05, 0) is 72.1 Å². The highest BCUT2D eigenvalue weighted by Gasteiger charge is 2.20. The molecule has 0 radical (unpaired) electrons. The Morgan fingerprint density at radius 1 is 0.651 bits per heavy atom. The number of hydrogen-bond acceptors (Lipinski definition) is 4. The fourth-order valence-corrected chi connectivity index (χ4v) is 6.16. The van der Waals surface area contributed by atoms with Crippen LogP contribution in [0.25, 0.3) is 61.3 Å². The molecule has 3 aromatic heterocycles. The Bertz CT molecular complexity index is 2260. The molecule has 1 aliphatic rings. The van der Waals surface area contributed by atoms with Crippen molar-refractivity contribution in [2.24, 2.45) is 4.99 Å². The van der Waals surface area contributed by atoms with E-state index in [1.165, 1.54) is 21.7 Å². The minimum Gasteiger partial charge on any atom is -0.294 e. The minimum absolute atomic E-state index is 0.571. The number of pyridine rings is 2. The van der Waals surface area contributed by atoms with E-state index in [9.17, 15) is 5.26 Å². The standard InChI is InChI=1S/C38H25N5/c39-24-25-21-27(23-28(22-25)43-37-19-4-3-12-31(37)32-14-8-20-40-38(32)43)33-15-6-17-35(41-33)36-18-7-16-34(42-36)30-13-5-10-26-9-1-2-11-29(26)30/h1-7,9-13,15-23H,8,14H2. The van der Waals surface area contributed by atoms with Crippen molar-refractivity contribution < 1.29 is 0 Å². The number of aliphatic imine (C=N–C) groups is 1. The Balaban J connectivity index is 1.24. The summed E-state index contributed by atoms with van der Waals surface area (Å²) >= 11 is 0. The highest BCUT2D eigenvalue weighted by atomic mass is 15.1. The maximum Gasteiger partial charge on any atom is 0.141 e. The number of fused-ring (bicyclic) bond motifs is 4. The van der Waals surface area contributed by atoms with Gasteiger partial charge in [-0.1, -0.05) is 72.8 Å². The van der Waals surface area contributed by atoms with Crippen molar-refractivity contribution >= 4 is 33.7 Å². The van der Waals surface area contributed by atoms with E-state index in [-0.39, 0.29) is 0 Å². The Labute approximate surface area is 249 Å². The molecule has 43 heavy (non-hydrogen) atoms. The van der Waals surface area contributed by atoms with Gasteiger partial charge in [-0.25, -0.2) is 15.0 Å². The molecule has 7 aromatic rings. The second kappa shape index (κ2) is 10.2. The van der Waals surface area contributed by atoms with Gasteiger partial charge in [0.25, 0.3) is 0 Å². The van der Waals surface area contributed by atoms with Crippen LogP contribution in [-0.4, -0.2) is 20.7 Å². The second-order valence-electron chi connectivity index (χ2n) is 10.7. The predicted molar refractivity (Wildman–Crippen MR) is 174 cm³/mol. The topological polar surface area (TPSA) is 66.9 Å². The van der Waals surface area contributed by atoms with Crippen LogP contribution in [0.4, 0.5) is 5.82 Å². The summed E-state index contributed by atoms with van der Waals surface area (Å²) < 4.78 is 2.17. The SMILES string of the molecule is N#Cc1cc(-c2cccc(-c3cccc(-c4cccc5ccccc45)n3)n2)cc(-n2c3c(c4ccccc42)CCC=N3)c1. The number of benzene rings is 4. The lowest BCUT2D eigenvalue weighted by Gasteiger charge is -2.13. The Morgan fingerprint density at radius 2 is 1.35 bits per heavy atom. The van der Waals surface area contributed by atoms with Gasteiger partial charge in [0.2, 0.25) is 0 Å². The van der Waals surface area contributed by atoms with E-state index in [1.807, 2.05) is 60.8 Å². The molecule has 202 valence electrons. The van der Waals surface area contributed by atoms with Gasteiger partial charge in [-0.2, -0.15) is 5.26 Å². The zero-order chi connectivity index (χ0) is 28.8. The predicted octanol–water partition coefficient (Wildman–Crippen LogP) is 9.09. The summed E-state index contributed by atoms with van der Waals surface area (Å²) in [6.45, 7) is 0. The molecule has 4 aromatic carbocycles. The normalized spacial score (nSPS) is 12.3. The van der Waals surface area contributed by atoms with Crippen LogP contribution in [0.3, 0.4) is 0 Å². The van der Waals surface area contributed by atoms with Crippen molar-refractivity contribution in [1.29, 1.82) is 5.26 Å². The van der Waals surface area contributed by atoms with Crippen molar-refractivity contribution in [1.82, 2.24) is 14.5 Å². The first-order chi connectivity index (χ1) is 21.3. The highest BCUT2D eigenvalue weighted by Crippen LogP contribution is 2.39. The molecule has 5 heteroatoms. The van der Waals surface area contributed by atoms with Gasteiger partial charge in [-0.3, -0.25) is 4.57 Å². The van der Waals surface area contributed by atoms with Gasteiger partial charge in [0.05, 0.1) is 39.9 Å².